The summed E-state index contributed by atoms with van der Waals surface area (Å²) in [4.78, 5) is 35.4. The van der Waals surface area contributed by atoms with Gasteiger partial charge in [0, 0.05) is 24.4 Å². The van der Waals surface area contributed by atoms with E-state index in [2.05, 4.69) is 5.32 Å². The van der Waals surface area contributed by atoms with Gasteiger partial charge in [0.15, 0.2) is 0 Å². The molecule has 2 amide bonds. The van der Waals surface area contributed by atoms with Crippen LogP contribution in [0.3, 0.4) is 0 Å². The zero-order chi connectivity index (χ0) is 19.4. The lowest BCUT2D eigenvalue weighted by molar-refractivity contribution is -0.384. The molecule has 0 spiro atoms. The molecule has 8 nitrogen and oxygen atoms in total. The van der Waals surface area contributed by atoms with Crippen molar-refractivity contribution in [2.75, 3.05) is 23.8 Å². The zero-order valence-electron chi connectivity index (χ0n) is 13.5. The zero-order valence-corrected chi connectivity index (χ0v) is 15.0. The smallest absolute Gasteiger partial charge is 0.293 e. The molecule has 3 N–H and O–H groups in total. The predicted molar refractivity (Wildman–Crippen MR) is 100.0 cm³/mol. The minimum absolute atomic E-state index is 0.00843. The van der Waals surface area contributed by atoms with Crippen molar-refractivity contribution in [2.24, 2.45) is 5.73 Å². The Morgan fingerprint density at radius 2 is 1.88 bits per heavy atom. The average Bonchev–Trinajstić information content (AvgIpc) is 2.57. The van der Waals surface area contributed by atoms with Gasteiger partial charge < -0.3 is 16.0 Å². The first-order valence-corrected chi connectivity index (χ1v) is 7.99. The van der Waals surface area contributed by atoms with E-state index in [-0.39, 0.29) is 28.5 Å². The summed E-state index contributed by atoms with van der Waals surface area (Å²) >= 11 is 11.7. The molecule has 0 radical (unpaired) electrons. The number of carbonyl (C=O) groups excluding carboxylic acids is 2. The van der Waals surface area contributed by atoms with E-state index in [0.29, 0.717) is 10.7 Å². The number of anilines is 2. The number of nitrogens with zero attached hydrogens (tertiary/aromatic N) is 2. The van der Waals surface area contributed by atoms with Crippen LogP contribution in [0.1, 0.15) is 10.4 Å². The summed E-state index contributed by atoms with van der Waals surface area (Å²) in [7, 11) is 1.51. The summed E-state index contributed by atoms with van der Waals surface area (Å²) in [6.07, 6.45) is 0. The highest BCUT2D eigenvalue weighted by molar-refractivity contribution is 6.42. The SMILES string of the molecule is CN(CC(=O)Nc1ccc(Cl)c(Cl)c1)c1ccc(C(N)=O)cc1[N+](=O)[O-]. The molecule has 2 aromatic rings. The fourth-order valence-electron chi connectivity index (χ4n) is 2.22. The summed E-state index contributed by atoms with van der Waals surface area (Å²) in [5.74, 6) is -1.20. The molecule has 0 aromatic heterocycles. The van der Waals surface area contributed by atoms with E-state index in [1.54, 1.807) is 6.07 Å². The maximum atomic E-state index is 12.2. The van der Waals surface area contributed by atoms with Gasteiger partial charge in [-0.15, -0.1) is 0 Å². The second-order valence-corrected chi connectivity index (χ2v) is 6.17. The van der Waals surface area contributed by atoms with Gasteiger partial charge in [-0.05, 0) is 30.3 Å². The number of hydrogen-bond donors (Lipinski definition) is 2. The van der Waals surface area contributed by atoms with Crippen molar-refractivity contribution >= 4 is 52.1 Å². The monoisotopic (exact) mass is 396 g/mol. The number of amides is 2. The maximum Gasteiger partial charge on any atom is 0.293 e. The van der Waals surface area contributed by atoms with Gasteiger partial charge in [-0.25, -0.2) is 0 Å². The summed E-state index contributed by atoms with van der Waals surface area (Å²) in [6, 6.07) is 8.41. The molecule has 26 heavy (non-hydrogen) atoms. The lowest BCUT2D eigenvalue weighted by atomic mass is 10.1. The first-order valence-electron chi connectivity index (χ1n) is 7.23. The number of primary amides is 1. The number of nitro groups is 1. The molecule has 2 rings (SSSR count). The Labute approximate surface area is 158 Å². The Morgan fingerprint density at radius 1 is 1.19 bits per heavy atom. The summed E-state index contributed by atoms with van der Waals surface area (Å²) in [5, 5.41) is 14.5. The normalized spacial score (nSPS) is 10.3. The van der Waals surface area contributed by atoms with Crippen molar-refractivity contribution < 1.29 is 14.5 Å². The number of likely N-dealkylation sites (N-methyl/N-ethyl adjacent to an activating group) is 1. The van der Waals surface area contributed by atoms with Crippen molar-refractivity contribution in [3.8, 4) is 0 Å². The van der Waals surface area contributed by atoms with Gasteiger partial charge in [0.25, 0.3) is 5.69 Å². The number of benzene rings is 2. The standard InChI is InChI=1S/C16H14Cl2N4O4/c1-21(8-15(23)20-10-3-4-11(17)12(18)7-10)13-5-2-9(16(19)24)6-14(13)22(25)26/h2-7H,8H2,1H3,(H2,19,24)(H,20,23). The Hall–Kier alpha value is -2.84. The van der Waals surface area contributed by atoms with E-state index < -0.39 is 16.7 Å². The van der Waals surface area contributed by atoms with Crippen LogP contribution in [0.5, 0.6) is 0 Å². The van der Waals surface area contributed by atoms with Crippen LogP contribution < -0.4 is 16.0 Å². The number of halogens is 2. The van der Waals surface area contributed by atoms with E-state index in [9.17, 15) is 19.7 Å². The minimum atomic E-state index is -0.778. The van der Waals surface area contributed by atoms with Crippen LogP contribution in [0, 0.1) is 10.1 Å². The first kappa shape index (κ1) is 19.5. The molecule has 0 fully saturated rings. The third-order valence-corrected chi connectivity index (χ3v) is 4.19. The number of carbonyl (C=O) groups is 2. The van der Waals surface area contributed by atoms with Crippen LogP contribution in [0.4, 0.5) is 17.1 Å². The Balaban J connectivity index is 2.16. The lowest BCUT2D eigenvalue weighted by Crippen LogP contribution is -2.30. The van der Waals surface area contributed by atoms with Crippen LogP contribution in [0.25, 0.3) is 0 Å². The Kier molecular flexibility index (Phi) is 6.01. The first-order chi connectivity index (χ1) is 12.2. The van der Waals surface area contributed by atoms with Crippen molar-refractivity contribution in [1.29, 1.82) is 0 Å². The molecule has 136 valence electrons. The topological polar surface area (TPSA) is 119 Å². The molecule has 0 atom stereocenters. The van der Waals surface area contributed by atoms with Crippen LogP contribution in [-0.2, 0) is 4.79 Å². The Morgan fingerprint density at radius 3 is 2.46 bits per heavy atom. The maximum absolute atomic E-state index is 12.2. The fraction of sp³-hybridized carbons (Fsp3) is 0.125. The molecule has 0 heterocycles. The van der Waals surface area contributed by atoms with Gasteiger partial charge in [0.05, 0.1) is 21.5 Å². The number of hydrogen-bond acceptors (Lipinski definition) is 5. The number of nitrogens with one attached hydrogen (secondary N) is 1. The van der Waals surface area contributed by atoms with E-state index >= 15 is 0 Å². The molecule has 10 heteroatoms. The van der Waals surface area contributed by atoms with Gasteiger partial charge in [-0.2, -0.15) is 0 Å². The molecule has 0 aliphatic heterocycles. The van der Waals surface area contributed by atoms with Crippen LogP contribution >= 0.6 is 23.2 Å². The molecular weight excluding hydrogens is 383 g/mol. The summed E-state index contributed by atoms with van der Waals surface area (Å²) in [6.45, 7) is -0.170. The van der Waals surface area contributed by atoms with Gasteiger partial charge in [-0.3, -0.25) is 19.7 Å². The highest BCUT2D eigenvalue weighted by Crippen LogP contribution is 2.29. The van der Waals surface area contributed by atoms with Gasteiger partial charge in [0.1, 0.15) is 5.69 Å². The second kappa shape index (κ2) is 8.03. The third-order valence-electron chi connectivity index (χ3n) is 3.45. The van der Waals surface area contributed by atoms with Crippen molar-refractivity contribution in [3.05, 3.63) is 62.1 Å². The third kappa shape index (κ3) is 4.62. The van der Waals surface area contributed by atoms with E-state index in [0.717, 1.165) is 6.07 Å². The highest BCUT2D eigenvalue weighted by atomic mass is 35.5. The largest absolute Gasteiger partial charge is 0.366 e. The van der Waals surface area contributed by atoms with Crippen LogP contribution in [0.2, 0.25) is 10.0 Å². The van der Waals surface area contributed by atoms with Crippen molar-refractivity contribution in [2.45, 2.75) is 0 Å². The average molecular weight is 397 g/mol. The van der Waals surface area contributed by atoms with Crippen molar-refractivity contribution in [1.82, 2.24) is 0 Å². The lowest BCUT2D eigenvalue weighted by Gasteiger charge is -2.19. The van der Waals surface area contributed by atoms with E-state index in [4.69, 9.17) is 28.9 Å². The molecular formula is C16H14Cl2N4O4. The molecule has 0 saturated carbocycles. The van der Waals surface area contributed by atoms with Gasteiger partial charge in [-0.1, -0.05) is 23.2 Å². The summed E-state index contributed by atoms with van der Waals surface area (Å²) in [5.41, 5.74) is 5.43. The molecule has 0 saturated heterocycles. The molecule has 0 bridgehead atoms. The highest BCUT2D eigenvalue weighted by Gasteiger charge is 2.21. The van der Waals surface area contributed by atoms with Gasteiger partial charge in [0.2, 0.25) is 11.8 Å². The summed E-state index contributed by atoms with van der Waals surface area (Å²) < 4.78 is 0. The molecule has 0 unspecified atom stereocenters. The second-order valence-electron chi connectivity index (χ2n) is 5.36. The number of nitrogens with two attached hydrogens (primary N) is 1. The number of rotatable bonds is 6. The minimum Gasteiger partial charge on any atom is -0.366 e. The number of nitro benzene ring substituents is 1. The van der Waals surface area contributed by atoms with Crippen LogP contribution in [0.15, 0.2) is 36.4 Å². The van der Waals surface area contributed by atoms with E-state index in [1.807, 2.05) is 0 Å². The fourth-order valence-corrected chi connectivity index (χ4v) is 2.52. The molecule has 0 aliphatic carbocycles. The Bertz CT molecular complexity index is 889. The predicted octanol–water partition coefficient (Wildman–Crippen LogP) is 3.08. The molecule has 0 aliphatic rings. The van der Waals surface area contributed by atoms with Gasteiger partial charge >= 0.3 is 0 Å². The molecule has 2 aromatic carbocycles. The quantitative estimate of drug-likeness (QED) is 0.574. The van der Waals surface area contributed by atoms with Crippen molar-refractivity contribution in [3.63, 3.8) is 0 Å². The van der Waals surface area contributed by atoms with E-state index in [1.165, 1.54) is 36.2 Å². The van der Waals surface area contributed by atoms with Crippen LogP contribution in [-0.4, -0.2) is 30.3 Å².